The Morgan fingerprint density at radius 2 is 2.00 bits per heavy atom. The monoisotopic (exact) mass is 421 g/mol. The molecule has 3 saturated heterocycles. The Morgan fingerprint density at radius 1 is 1.17 bits per heavy atom. The summed E-state index contributed by atoms with van der Waals surface area (Å²) in [6, 6.07) is 3.57. The third kappa shape index (κ3) is 3.14. The third-order valence-corrected chi connectivity index (χ3v) is 8.83. The number of fused-ring (bicyclic) bond motifs is 6. The summed E-state index contributed by atoms with van der Waals surface area (Å²) in [7, 11) is -3.25. The molecule has 3 fully saturated rings. The van der Waals surface area contributed by atoms with E-state index < -0.39 is 10.0 Å². The Balaban J connectivity index is 1.43. The lowest BCUT2D eigenvalue weighted by atomic mass is 9.84. The van der Waals surface area contributed by atoms with Crippen molar-refractivity contribution in [1.82, 2.24) is 13.8 Å². The van der Waals surface area contributed by atoms with Crippen LogP contribution in [0, 0.1) is 5.92 Å². The summed E-state index contributed by atoms with van der Waals surface area (Å²) >= 11 is 0. The highest BCUT2D eigenvalue weighted by atomic mass is 32.2. The van der Waals surface area contributed by atoms with Gasteiger partial charge in [-0.1, -0.05) is 6.92 Å². The minimum atomic E-state index is -3.25. The zero-order valence-corrected chi connectivity index (χ0v) is 17.4. The molecular formula is C20H27N3O5S. The lowest BCUT2D eigenvalue weighted by Gasteiger charge is -2.42. The summed E-state index contributed by atoms with van der Waals surface area (Å²) in [5, 5.41) is 0. The third-order valence-electron chi connectivity index (χ3n) is 6.82. The van der Waals surface area contributed by atoms with Crippen LogP contribution in [0.1, 0.15) is 48.2 Å². The summed E-state index contributed by atoms with van der Waals surface area (Å²) < 4.78 is 34.0. The van der Waals surface area contributed by atoms with E-state index in [1.807, 2.05) is 13.0 Å². The molecule has 4 aliphatic rings. The lowest BCUT2D eigenvalue weighted by molar-refractivity contribution is 0.0257. The second-order valence-corrected chi connectivity index (χ2v) is 10.9. The molecule has 4 bridgehead atoms. The van der Waals surface area contributed by atoms with Crippen LogP contribution in [0.4, 0.5) is 0 Å². The van der Waals surface area contributed by atoms with Crippen LogP contribution < -0.4 is 5.56 Å². The Hall–Kier alpha value is -1.71. The summed E-state index contributed by atoms with van der Waals surface area (Å²) in [6.45, 7) is 4.32. The molecule has 4 aliphatic heterocycles. The van der Waals surface area contributed by atoms with Crippen LogP contribution in [-0.2, 0) is 21.3 Å². The molecule has 5 heterocycles. The summed E-state index contributed by atoms with van der Waals surface area (Å²) in [6.07, 6.45) is 2.43. The molecule has 0 aliphatic carbocycles. The van der Waals surface area contributed by atoms with E-state index in [2.05, 4.69) is 0 Å². The van der Waals surface area contributed by atoms with Crippen molar-refractivity contribution in [1.29, 1.82) is 0 Å². The van der Waals surface area contributed by atoms with Crippen molar-refractivity contribution in [3.8, 4) is 0 Å². The number of aromatic nitrogens is 1. The maximum Gasteiger partial charge on any atom is 0.263 e. The number of amides is 1. The Bertz CT molecular complexity index is 1000. The van der Waals surface area contributed by atoms with Crippen LogP contribution in [0.15, 0.2) is 16.9 Å². The van der Waals surface area contributed by atoms with E-state index in [1.165, 1.54) is 0 Å². The number of likely N-dealkylation sites (tertiary alicyclic amines) is 1. The fourth-order valence-corrected chi connectivity index (χ4v) is 7.10. The first-order chi connectivity index (χ1) is 13.9. The van der Waals surface area contributed by atoms with E-state index in [4.69, 9.17) is 4.74 Å². The number of hydrogen-bond acceptors (Lipinski definition) is 5. The van der Waals surface area contributed by atoms with E-state index in [0.717, 1.165) is 18.5 Å². The normalized spacial score (nSPS) is 31.1. The van der Waals surface area contributed by atoms with E-state index >= 15 is 0 Å². The van der Waals surface area contributed by atoms with E-state index in [0.29, 0.717) is 39.2 Å². The first-order valence-corrected chi connectivity index (χ1v) is 12.1. The van der Waals surface area contributed by atoms with Gasteiger partial charge in [0.2, 0.25) is 10.0 Å². The highest BCUT2D eigenvalue weighted by molar-refractivity contribution is 7.89. The van der Waals surface area contributed by atoms with Crippen molar-refractivity contribution in [3.05, 3.63) is 33.7 Å². The van der Waals surface area contributed by atoms with E-state index in [1.54, 1.807) is 19.8 Å². The highest BCUT2D eigenvalue weighted by Crippen LogP contribution is 2.36. The zero-order valence-electron chi connectivity index (χ0n) is 16.6. The minimum Gasteiger partial charge on any atom is -0.374 e. The predicted molar refractivity (Wildman–Crippen MR) is 106 cm³/mol. The number of nitrogens with zero attached hydrogens (tertiary/aromatic N) is 3. The van der Waals surface area contributed by atoms with Crippen LogP contribution in [0.2, 0.25) is 0 Å². The standard InChI is InChI=1S/C20H27N3O5S/c1-2-5-29(26,27)21-8-13-6-14(10-21)18-4-3-17(20(25)23(18)9-13)19(24)22-11-16-7-15(22)12-28-16/h3-4,13-16H,2,5-12H2,1H3/t13-,14+,15+,16+/m0/s1. The van der Waals surface area contributed by atoms with Gasteiger partial charge in [-0.3, -0.25) is 9.59 Å². The van der Waals surface area contributed by atoms with Crippen molar-refractivity contribution in [2.45, 2.75) is 50.8 Å². The van der Waals surface area contributed by atoms with Crippen LogP contribution >= 0.6 is 0 Å². The summed E-state index contributed by atoms with van der Waals surface area (Å²) in [5.74, 6) is 0.0623. The molecule has 8 nitrogen and oxygen atoms in total. The van der Waals surface area contributed by atoms with Gasteiger partial charge in [0.15, 0.2) is 0 Å². The van der Waals surface area contributed by atoms with Crippen molar-refractivity contribution < 1.29 is 17.9 Å². The fraction of sp³-hybridized carbons (Fsp3) is 0.700. The topological polar surface area (TPSA) is 88.9 Å². The van der Waals surface area contributed by atoms with Gasteiger partial charge in [0, 0.05) is 37.8 Å². The second kappa shape index (κ2) is 6.92. The van der Waals surface area contributed by atoms with Crippen molar-refractivity contribution in [2.75, 3.05) is 32.0 Å². The molecule has 9 heteroatoms. The number of ether oxygens (including phenoxy) is 1. The van der Waals surface area contributed by atoms with Crippen LogP contribution in [0.5, 0.6) is 0 Å². The molecule has 158 valence electrons. The Labute approximate surface area is 170 Å². The van der Waals surface area contributed by atoms with Crippen LogP contribution in [0.3, 0.4) is 0 Å². The fourth-order valence-electron chi connectivity index (χ4n) is 5.48. The number of sulfonamides is 1. The number of pyridine rings is 1. The number of hydrogen-bond donors (Lipinski definition) is 0. The molecular weight excluding hydrogens is 394 g/mol. The maximum absolute atomic E-state index is 13.2. The number of carbonyl (C=O) groups is 1. The van der Waals surface area contributed by atoms with Gasteiger partial charge in [0.25, 0.3) is 11.5 Å². The van der Waals surface area contributed by atoms with Crippen molar-refractivity contribution in [2.24, 2.45) is 5.92 Å². The van der Waals surface area contributed by atoms with Crippen LogP contribution in [-0.4, -0.2) is 72.2 Å². The Morgan fingerprint density at radius 3 is 2.69 bits per heavy atom. The first kappa shape index (κ1) is 19.3. The summed E-state index contributed by atoms with van der Waals surface area (Å²) in [4.78, 5) is 28.0. The molecule has 0 aromatic carbocycles. The molecule has 4 atom stereocenters. The number of piperidine rings is 1. The number of rotatable bonds is 4. The van der Waals surface area contributed by atoms with Gasteiger partial charge in [-0.2, -0.15) is 0 Å². The van der Waals surface area contributed by atoms with Gasteiger partial charge >= 0.3 is 0 Å². The van der Waals surface area contributed by atoms with Crippen molar-refractivity contribution >= 4 is 15.9 Å². The molecule has 29 heavy (non-hydrogen) atoms. The smallest absolute Gasteiger partial charge is 0.263 e. The maximum atomic E-state index is 13.2. The molecule has 0 N–H and O–H groups in total. The van der Waals surface area contributed by atoms with Gasteiger partial charge in [-0.15, -0.1) is 0 Å². The van der Waals surface area contributed by atoms with E-state index in [9.17, 15) is 18.0 Å². The molecule has 1 aromatic rings. The second-order valence-electron chi connectivity index (χ2n) is 8.82. The molecule has 0 radical (unpaired) electrons. The van der Waals surface area contributed by atoms with Gasteiger partial charge < -0.3 is 14.2 Å². The van der Waals surface area contributed by atoms with Gasteiger partial charge in [-0.05, 0) is 37.3 Å². The molecule has 5 rings (SSSR count). The van der Waals surface area contributed by atoms with Gasteiger partial charge in [0.1, 0.15) is 5.56 Å². The first-order valence-electron chi connectivity index (χ1n) is 10.5. The predicted octanol–water partition coefficient (Wildman–Crippen LogP) is 0.621. The quantitative estimate of drug-likeness (QED) is 0.711. The van der Waals surface area contributed by atoms with Gasteiger partial charge in [-0.25, -0.2) is 12.7 Å². The largest absolute Gasteiger partial charge is 0.374 e. The minimum absolute atomic E-state index is 0.00202. The van der Waals surface area contributed by atoms with Gasteiger partial charge in [0.05, 0.1) is 24.5 Å². The van der Waals surface area contributed by atoms with E-state index in [-0.39, 0.29) is 46.8 Å². The Kier molecular flexibility index (Phi) is 4.60. The highest BCUT2D eigenvalue weighted by Gasteiger charge is 2.43. The number of carbonyl (C=O) groups excluding carboxylic acids is 1. The van der Waals surface area contributed by atoms with Crippen LogP contribution in [0.25, 0.3) is 0 Å². The number of morpholine rings is 1. The summed E-state index contributed by atoms with van der Waals surface area (Å²) in [5.41, 5.74) is 0.831. The molecule has 0 unspecified atom stereocenters. The lowest BCUT2D eigenvalue weighted by Crippen LogP contribution is -2.50. The zero-order chi connectivity index (χ0) is 20.3. The van der Waals surface area contributed by atoms with Crippen molar-refractivity contribution in [3.63, 3.8) is 0 Å². The molecule has 1 amide bonds. The molecule has 1 aromatic heterocycles. The SMILES string of the molecule is CCCS(=O)(=O)N1C[C@@H]2C[C@H](C1)c1ccc(C(=O)N3C[C@H]4C[C@@H]3CO4)c(=O)n1C2. The molecule has 0 saturated carbocycles. The average molecular weight is 422 g/mol. The molecule has 0 spiro atoms. The average Bonchev–Trinajstić information content (AvgIpc) is 3.32.